The zero-order chi connectivity index (χ0) is 13.8. The summed E-state index contributed by atoms with van der Waals surface area (Å²) in [5.74, 6) is 5.30. The van der Waals surface area contributed by atoms with Crippen LogP contribution in [0.5, 0.6) is 0 Å². The van der Waals surface area contributed by atoms with Gasteiger partial charge in [-0.1, -0.05) is 5.16 Å². The highest BCUT2D eigenvalue weighted by Crippen LogP contribution is 2.16. The van der Waals surface area contributed by atoms with Crippen LogP contribution < -0.4 is 11.3 Å². The molecule has 1 aromatic rings. The van der Waals surface area contributed by atoms with Gasteiger partial charge in [-0.2, -0.15) is 0 Å². The topological polar surface area (TPSA) is 87.6 Å². The van der Waals surface area contributed by atoms with Crippen LogP contribution in [0.3, 0.4) is 0 Å². The first-order valence-electron chi connectivity index (χ1n) is 6.45. The summed E-state index contributed by atoms with van der Waals surface area (Å²) < 4.78 is 5.15. The number of nitrogen functional groups attached to an aromatic ring is 1. The van der Waals surface area contributed by atoms with Crippen LogP contribution in [0.15, 0.2) is 10.6 Å². The monoisotopic (exact) mass is 267 g/mol. The summed E-state index contributed by atoms with van der Waals surface area (Å²) in [4.78, 5) is 15.9. The highest BCUT2D eigenvalue weighted by Gasteiger charge is 2.22. The number of nitrogens with two attached hydrogens (primary N) is 1. The maximum atomic E-state index is 11.3. The number of amides is 1. The van der Waals surface area contributed by atoms with Crippen LogP contribution >= 0.6 is 0 Å². The van der Waals surface area contributed by atoms with E-state index in [2.05, 4.69) is 29.1 Å². The summed E-state index contributed by atoms with van der Waals surface area (Å²) in [6, 6.07) is 2.18. The second-order valence-electron chi connectivity index (χ2n) is 5.10. The maximum Gasteiger partial charge on any atom is 0.287 e. The number of hydrogen-bond acceptors (Lipinski definition) is 6. The molecule has 0 atom stereocenters. The first kappa shape index (κ1) is 14.0. The molecule has 19 heavy (non-hydrogen) atoms. The molecule has 0 unspecified atom stereocenters. The molecule has 1 aromatic heterocycles. The number of nitrogens with one attached hydrogen (secondary N) is 1. The van der Waals surface area contributed by atoms with Crippen molar-refractivity contribution in [2.75, 3.05) is 27.2 Å². The Labute approximate surface area is 112 Å². The Bertz CT molecular complexity index is 426. The molecule has 0 aromatic carbocycles. The fourth-order valence-corrected chi connectivity index (χ4v) is 2.38. The molecule has 0 radical (unpaired) electrons. The van der Waals surface area contributed by atoms with Crippen LogP contribution in [0.25, 0.3) is 0 Å². The summed E-state index contributed by atoms with van der Waals surface area (Å²) in [5.41, 5.74) is 2.25. The van der Waals surface area contributed by atoms with Gasteiger partial charge in [-0.25, -0.2) is 5.84 Å². The van der Waals surface area contributed by atoms with E-state index in [1.807, 2.05) is 5.43 Å². The molecular formula is C12H21N5O2. The molecular weight excluding hydrogens is 246 g/mol. The van der Waals surface area contributed by atoms with Crippen molar-refractivity contribution in [1.29, 1.82) is 0 Å². The molecule has 1 saturated heterocycles. The minimum atomic E-state index is -0.433. The number of rotatable bonds is 4. The Morgan fingerprint density at radius 2 is 2.32 bits per heavy atom. The highest BCUT2D eigenvalue weighted by molar-refractivity contribution is 5.91. The van der Waals surface area contributed by atoms with Crippen LogP contribution in [-0.2, 0) is 6.54 Å². The zero-order valence-corrected chi connectivity index (χ0v) is 11.4. The molecule has 0 aliphatic carbocycles. The lowest BCUT2D eigenvalue weighted by Crippen LogP contribution is -2.41. The molecule has 0 saturated carbocycles. The third-order valence-electron chi connectivity index (χ3n) is 3.64. The molecule has 1 aliphatic heterocycles. The lowest BCUT2D eigenvalue weighted by Gasteiger charge is -2.34. The van der Waals surface area contributed by atoms with Gasteiger partial charge in [0.05, 0.1) is 6.54 Å². The molecule has 106 valence electrons. The number of piperidine rings is 1. The highest BCUT2D eigenvalue weighted by atomic mass is 16.5. The molecule has 1 aliphatic rings. The third kappa shape index (κ3) is 3.52. The Morgan fingerprint density at radius 1 is 1.63 bits per heavy atom. The van der Waals surface area contributed by atoms with E-state index in [1.165, 1.54) is 0 Å². The molecule has 2 rings (SSSR count). The number of carbonyl (C=O) groups excluding carboxylic acids is 1. The predicted octanol–water partition coefficient (Wildman–Crippen LogP) is -0.196. The Kier molecular flexibility index (Phi) is 4.52. The number of carbonyl (C=O) groups is 1. The van der Waals surface area contributed by atoms with Gasteiger partial charge in [-0.05, 0) is 40.0 Å². The minimum absolute atomic E-state index is 0.217. The van der Waals surface area contributed by atoms with Crippen molar-refractivity contribution in [2.24, 2.45) is 5.84 Å². The van der Waals surface area contributed by atoms with Crippen molar-refractivity contribution >= 4 is 5.91 Å². The Morgan fingerprint density at radius 3 is 2.95 bits per heavy atom. The van der Waals surface area contributed by atoms with E-state index in [4.69, 9.17) is 10.4 Å². The van der Waals surface area contributed by atoms with E-state index < -0.39 is 5.91 Å². The largest absolute Gasteiger partial charge is 0.359 e. The van der Waals surface area contributed by atoms with Crippen LogP contribution in [-0.4, -0.2) is 54.1 Å². The van der Waals surface area contributed by atoms with Crippen molar-refractivity contribution in [3.05, 3.63) is 17.5 Å². The maximum absolute atomic E-state index is 11.3. The van der Waals surface area contributed by atoms with Crippen molar-refractivity contribution < 1.29 is 9.32 Å². The smallest absolute Gasteiger partial charge is 0.287 e. The van der Waals surface area contributed by atoms with Gasteiger partial charge >= 0.3 is 0 Å². The van der Waals surface area contributed by atoms with Gasteiger partial charge in [-0.15, -0.1) is 0 Å². The van der Waals surface area contributed by atoms with Crippen LogP contribution in [0.2, 0.25) is 0 Å². The Hall–Kier alpha value is -1.44. The van der Waals surface area contributed by atoms with Gasteiger partial charge in [0.15, 0.2) is 11.5 Å². The van der Waals surface area contributed by atoms with E-state index in [9.17, 15) is 4.79 Å². The van der Waals surface area contributed by atoms with Gasteiger partial charge in [-0.3, -0.25) is 15.1 Å². The SMILES string of the molecule is CN1CCC(N(C)Cc2cc(C(=O)NN)no2)CC1. The van der Waals surface area contributed by atoms with Crippen molar-refractivity contribution in [3.63, 3.8) is 0 Å². The number of hydrazine groups is 1. The second-order valence-corrected chi connectivity index (χ2v) is 5.10. The van der Waals surface area contributed by atoms with Crippen LogP contribution in [0, 0.1) is 0 Å². The zero-order valence-electron chi connectivity index (χ0n) is 11.4. The number of hydrogen-bond donors (Lipinski definition) is 2. The first-order valence-corrected chi connectivity index (χ1v) is 6.45. The molecule has 1 fully saturated rings. The lowest BCUT2D eigenvalue weighted by molar-refractivity contribution is 0.0944. The summed E-state index contributed by atoms with van der Waals surface area (Å²) in [5, 5.41) is 3.70. The minimum Gasteiger partial charge on any atom is -0.359 e. The summed E-state index contributed by atoms with van der Waals surface area (Å²) in [6.07, 6.45) is 2.30. The number of likely N-dealkylation sites (tertiary alicyclic amines) is 1. The second kappa shape index (κ2) is 6.14. The van der Waals surface area contributed by atoms with E-state index in [0.29, 0.717) is 18.3 Å². The van der Waals surface area contributed by atoms with Crippen LogP contribution in [0.1, 0.15) is 29.1 Å². The fraction of sp³-hybridized carbons (Fsp3) is 0.667. The van der Waals surface area contributed by atoms with Gasteiger partial charge in [0, 0.05) is 12.1 Å². The summed E-state index contributed by atoms with van der Waals surface area (Å²) in [6.45, 7) is 2.89. The third-order valence-corrected chi connectivity index (χ3v) is 3.64. The predicted molar refractivity (Wildman–Crippen MR) is 70.1 cm³/mol. The fourth-order valence-electron chi connectivity index (χ4n) is 2.38. The molecule has 7 nitrogen and oxygen atoms in total. The quantitative estimate of drug-likeness (QED) is 0.446. The van der Waals surface area contributed by atoms with Crippen molar-refractivity contribution in [1.82, 2.24) is 20.4 Å². The van der Waals surface area contributed by atoms with Gasteiger partial charge in [0.2, 0.25) is 0 Å². The normalized spacial score (nSPS) is 17.9. The molecule has 0 bridgehead atoms. The number of aromatic nitrogens is 1. The van der Waals surface area contributed by atoms with Crippen LogP contribution in [0.4, 0.5) is 0 Å². The lowest BCUT2D eigenvalue weighted by atomic mass is 10.0. The molecule has 3 N–H and O–H groups in total. The van der Waals surface area contributed by atoms with E-state index >= 15 is 0 Å². The van der Waals surface area contributed by atoms with E-state index in [0.717, 1.165) is 25.9 Å². The van der Waals surface area contributed by atoms with Gasteiger partial charge < -0.3 is 9.42 Å². The molecule has 7 heteroatoms. The average molecular weight is 267 g/mol. The van der Waals surface area contributed by atoms with E-state index in [1.54, 1.807) is 6.07 Å². The Balaban J connectivity index is 1.89. The van der Waals surface area contributed by atoms with Crippen molar-refractivity contribution in [2.45, 2.75) is 25.4 Å². The summed E-state index contributed by atoms with van der Waals surface area (Å²) in [7, 11) is 4.21. The number of nitrogens with zero attached hydrogens (tertiary/aromatic N) is 3. The molecule has 0 spiro atoms. The standard InChI is InChI=1S/C12H21N5O2/c1-16-5-3-9(4-6-16)17(2)8-10-7-11(15-19-10)12(18)14-13/h7,9H,3-6,8,13H2,1-2H3,(H,14,18). The molecule has 1 amide bonds. The van der Waals surface area contributed by atoms with Gasteiger partial charge in [0.1, 0.15) is 0 Å². The average Bonchev–Trinajstić information content (AvgIpc) is 2.87. The molecule has 2 heterocycles. The van der Waals surface area contributed by atoms with E-state index in [-0.39, 0.29) is 5.69 Å². The first-order chi connectivity index (χ1) is 9.10. The van der Waals surface area contributed by atoms with Crippen molar-refractivity contribution in [3.8, 4) is 0 Å². The summed E-state index contributed by atoms with van der Waals surface area (Å²) >= 11 is 0. The van der Waals surface area contributed by atoms with Gasteiger partial charge in [0.25, 0.3) is 5.91 Å².